The van der Waals surface area contributed by atoms with E-state index in [-0.39, 0.29) is 6.17 Å². The molecular formula is C25H32Cl2N2. The first-order chi connectivity index (χ1) is 13.6. The lowest BCUT2D eigenvalue weighted by Gasteiger charge is -2.39. The van der Waals surface area contributed by atoms with Crippen molar-refractivity contribution >= 4 is 28.9 Å². The smallest absolute Gasteiger partial charge is 0.128 e. The molecule has 0 N–H and O–H groups in total. The molecule has 4 heteroatoms. The number of rotatable bonds is 5. The van der Waals surface area contributed by atoms with Crippen LogP contribution in [0, 0.1) is 6.92 Å². The van der Waals surface area contributed by atoms with E-state index in [0.717, 1.165) is 21.2 Å². The van der Waals surface area contributed by atoms with Crippen molar-refractivity contribution in [1.29, 1.82) is 0 Å². The summed E-state index contributed by atoms with van der Waals surface area (Å²) in [6, 6.07) is 13.5. The quantitative estimate of drug-likeness (QED) is 0.475. The minimum atomic E-state index is 0.137. The van der Waals surface area contributed by atoms with Crippen molar-refractivity contribution in [2.45, 2.75) is 72.6 Å². The van der Waals surface area contributed by atoms with Crippen molar-refractivity contribution in [3.8, 4) is 0 Å². The Balaban J connectivity index is 2.26. The van der Waals surface area contributed by atoms with Crippen LogP contribution in [0.25, 0.3) is 5.70 Å². The molecule has 0 bridgehead atoms. The third kappa shape index (κ3) is 4.02. The summed E-state index contributed by atoms with van der Waals surface area (Å²) in [6.45, 7) is 15.4. The van der Waals surface area contributed by atoms with Crippen LogP contribution in [0.3, 0.4) is 0 Å². The molecule has 0 saturated carbocycles. The number of nitrogens with zero attached hydrogens (tertiary/aromatic N) is 2. The van der Waals surface area contributed by atoms with Crippen LogP contribution < -0.4 is 0 Å². The highest BCUT2D eigenvalue weighted by molar-refractivity contribution is 6.37. The fourth-order valence-electron chi connectivity index (χ4n) is 4.15. The second-order valence-electron chi connectivity index (χ2n) is 8.76. The highest BCUT2D eigenvalue weighted by Gasteiger charge is 2.38. The molecule has 3 rings (SSSR count). The highest BCUT2D eigenvalue weighted by atomic mass is 35.5. The number of halogens is 2. The maximum Gasteiger partial charge on any atom is 0.128 e. The zero-order chi connectivity index (χ0) is 21.5. The largest absolute Gasteiger partial charge is 0.349 e. The molecule has 0 amide bonds. The molecule has 0 aliphatic carbocycles. The normalized spacial score (nSPS) is 17.1. The highest BCUT2D eigenvalue weighted by Crippen LogP contribution is 2.47. The van der Waals surface area contributed by atoms with E-state index < -0.39 is 0 Å². The first-order valence-corrected chi connectivity index (χ1v) is 11.2. The molecule has 0 saturated heterocycles. The zero-order valence-corrected chi connectivity index (χ0v) is 20.0. The number of hydrogen-bond acceptors (Lipinski definition) is 2. The standard InChI is InChI=1S/C25H32Cl2N2/c1-15(2)20-13-21(26)18(7)24(27)23(20)22-14-28(16(3)4)25(29(22)17(5)6)19-11-9-8-10-12-19/h8-17,25H,1-7H3. The second-order valence-corrected chi connectivity index (χ2v) is 9.54. The fourth-order valence-corrected chi connectivity index (χ4v) is 4.72. The Morgan fingerprint density at radius 3 is 2.03 bits per heavy atom. The van der Waals surface area contributed by atoms with Gasteiger partial charge in [-0.3, -0.25) is 0 Å². The van der Waals surface area contributed by atoms with Gasteiger partial charge in [-0.2, -0.15) is 0 Å². The van der Waals surface area contributed by atoms with Gasteiger partial charge in [0.2, 0.25) is 0 Å². The van der Waals surface area contributed by atoms with Gasteiger partial charge >= 0.3 is 0 Å². The molecule has 2 aromatic rings. The summed E-state index contributed by atoms with van der Waals surface area (Å²) in [6.07, 6.45) is 2.43. The minimum absolute atomic E-state index is 0.137. The third-order valence-electron chi connectivity index (χ3n) is 5.70. The number of hydrogen-bond donors (Lipinski definition) is 0. The molecule has 0 aromatic heterocycles. The van der Waals surface area contributed by atoms with Gasteiger partial charge in [-0.05, 0) is 63.3 Å². The molecular weight excluding hydrogens is 399 g/mol. The molecule has 1 aliphatic heterocycles. The van der Waals surface area contributed by atoms with Crippen molar-refractivity contribution < 1.29 is 0 Å². The Kier molecular flexibility index (Phi) is 6.55. The van der Waals surface area contributed by atoms with E-state index in [0.29, 0.717) is 18.0 Å². The molecule has 1 atom stereocenters. The van der Waals surface area contributed by atoms with Crippen LogP contribution in [0.4, 0.5) is 0 Å². The molecule has 1 aliphatic rings. The minimum Gasteiger partial charge on any atom is -0.349 e. The van der Waals surface area contributed by atoms with Gasteiger partial charge in [-0.15, -0.1) is 0 Å². The van der Waals surface area contributed by atoms with Crippen molar-refractivity contribution in [3.63, 3.8) is 0 Å². The molecule has 1 heterocycles. The van der Waals surface area contributed by atoms with E-state index in [4.69, 9.17) is 23.2 Å². The van der Waals surface area contributed by atoms with E-state index >= 15 is 0 Å². The van der Waals surface area contributed by atoms with Crippen molar-refractivity contribution in [1.82, 2.24) is 9.80 Å². The number of benzene rings is 2. The Morgan fingerprint density at radius 2 is 1.52 bits per heavy atom. The first-order valence-electron chi connectivity index (χ1n) is 10.5. The predicted octanol–water partition coefficient (Wildman–Crippen LogP) is 7.86. The lowest BCUT2D eigenvalue weighted by Crippen LogP contribution is -2.38. The van der Waals surface area contributed by atoms with Gasteiger partial charge < -0.3 is 9.80 Å². The summed E-state index contributed by atoms with van der Waals surface area (Å²) in [5.41, 5.74) is 5.71. The summed E-state index contributed by atoms with van der Waals surface area (Å²) >= 11 is 13.5. The molecule has 29 heavy (non-hydrogen) atoms. The second kappa shape index (κ2) is 8.62. The fraction of sp³-hybridized carbons (Fsp3) is 0.440. The average Bonchev–Trinajstić information content (AvgIpc) is 3.07. The van der Waals surface area contributed by atoms with E-state index in [1.54, 1.807) is 0 Å². The molecule has 0 fully saturated rings. The lowest BCUT2D eigenvalue weighted by molar-refractivity contribution is 0.111. The predicted molar refractivity (Wildman–Crippen MR) is 126 cm³/mol. The van der Waals surface area contributed by atoms with Crippen LogP contribution in [-0.2, 0) is 0 Å². The van der Waals surface area contributed by atoms with Gasteiger partial charge in [-0.1, -0.05) is 67.4 Å². The molecule has 2 aromatic carbocycles. The molecule has 156 valence electrons. The topological polar surface area (TPSA) is 6.48 Å². The Hall–Kier alpha value is -1.64. The summed E-state index contributed by atoms with van der Waals surface area (Å²) in [4.78, 5) is 4.94. The third-order valence-corrected chi connectivity index (χ3v) is 6.57. The molecule has 2 nitrogen and oxygen atoms in total. The SMILES string of the molecule is Cc1c(Cl)cc(C(C)C)c(C2=CN(C(C)C)C(c3ccccc3)N2C(C)C)c1Cl. The van der Waals surface area contributed by atoms with E-state index in [9.17, 15) is 0 Å². The summed E-state index contributed by atoms with van der Waals surface area (Å²) < 4.78 is 0. The van der Waals surface area contributed by atoms with E-state index in [2.05, 4.69) is 93.9 Å². The van der Waals surface area contributed by atoms with Crippen molar-refractivity contribution in [2.24, 2.45) is 0 Å². The van der Waals surface area contributed by atoms with Gasteiger partial charge in [0.1, 0.15) is 6.17 Å². The van der Waals surface area contributed by atoms with Gasteiger partial charge in [0, 0.05) is 28.9 Å². The van der Waals surface area contributed by atoms with Crippen molar-refractivity contribution in [3.05, 3.63) is 74.9 Å². The van der Waals surface area contributed by atoms with Crippen LogP contribution in [0.2, 0.25) is 10.0 Å². The van der Waals surface area contributed by atoms with Crippen molar-refractivity contribution in [2.75, 3.05) is 0 Å². The van der Waals surface area contributed by atoms with E-state index in [1.165, 1.54) is 16.8 Å². The van der Waals surface area contributed by atoms with Crippen LogP contribution >= 0.6 is 23.2 Å². The Bertz CT molecular complexity index is 901. The van der Waals surface area contributed by atoms with Gasteiger partial charge in [-0.25, -0.2) is 0 Å². The Labute approximate surface area is 186 Å². The molecule has 1 unspecified atom stereocenters. The van der Waals surface area contributed by atoms with Crippen LogP contribution in [0.5, 0.6) is 0 Å². The van der Waals surface area contributed by atoms with E-state index in [1.807, 2.05) is 6.92 Å². The van der Waals surface area contributed by atoms with Crippen LogP contribution in [0.15, 0.2) is 42.6 Å². The van der Waals surface area contributed by atoms with Gasteiger partial charge in [0.15, 0.2) is 0 Å². The van der Waals surface area contributed by atoms with Crippen LogP contribution in [-0.4, -0.2) is 21.9 Å². The van der Waals surface area contributed by atoms with Gasteiger partial charge in [0.25, 0.3) is 0 Å². The van der Waals surface area contributed by atoms with Gasteiger partial charge in [0.05, 0.1) is 10.7 Å². The maximum atomic E-state index is 6.95. The first kappa shape index (κ1) is 22.1. The summed E-state index contributed by atoms with van der Waals surface area (Å²) in [5, 5.41) is 1.49. The lowest BCUT2D eigenvalue weighted by atomic mass is 9.92. The summed E-state index contributed by atoms with van der Waals surface area (Å²) in [7, 11) is 0. The molecule has 0 radical (unpaired) electrons. The summed E-state index contributed by atoms with van der Waals surface area (Å²) in [5.74, 6) is 0.318. The molecule has 0 spiro atoms. The maximum absolute atomic E-state index is 6.95. The zero-order valence-electron chi connectivity index (χ0n) is 18.5. The average molecular weight is 431 g/mol. The Morgan fingerprint density at radius 1 is 0.897 bits per heavy atom. The van der Waals surface area contributed by atoms with Crippen LogP contribution in [0.1, 0.15) is 75.9 Å². The monoisotopic (exact) mass is 430 g/mol.